The lowest BCUT2D eigenvalue weighted by Gasteiger charge is -2.38. The number of likely N-dealkylation sites (tertiary alicyclic amines) is 1. The fourth-order valence-electron chi connectivity index (χ4n) is 3.32. The molecule has 1 aliphatic rings. The van der Waals surface area contributed by atoms with E-state index in [9.17, 15) is 9.59 Å². The first kappa shape index (κ1) is 20.0. The zero-order valence-corrected chi connectivity index (χ0v) is 16.4. The summed E-state index contributed by atoms with van der Waals surface area (Å²) in [4.78, 5) is 30.6. The SMILES string of the molecule is CCC1CN(C(=O)c2ccnc(Cl)c2)CCC1CC(=O)NCCSC. The Balaban J connectivity index is 1.92. The van der Waals surface area contributed by atoms with Gasteiger partial charge in [0.05, 0.1) is 0 Å². The molecule has 7 heteroatoms. The van der Waals surface area contributed by atoms with Crippen LogP contribution < -0.4 is 5.32 Å². The number of aromatic nitrogens is 1. The lowest BCUT2D eigenvalue weighted by Crippen LogP contribution is -2.45. The van der Waals surface area contributed by atoms with Crippen LogP contribution in [-0.2, 0) is 4.79 Å². The van der Waals surface area contributed by atoms with E-state index in [1.54, 1.807) is 30.1 Å². The van der Waals surface area contributed by atoms with Crippen molar-refractivity contribution in [2.75, 3.05) is 31.6 Å². The zero-order chi connectivity index (χ0) is 18.2. The third kappa shape index (κ3) is 5.89. The molecule has 2 unspecified atom stereocenters. The lowest BCUT2D eigenvalue weighted by molar-refractivity contribution is -0.122. The molecule has 0 aromatic carbocycles. The summed E-state index contributed by atoms with van der Waals surface area (Å²) in [6, 6.07) is 3.30. The van der Waals surface area contributed by atoms with Crippen molar-refractivity contribution in [1.82, 2.24) is 15.2 Å². The molecule has 1 N–H and O–H groups in total. The van der Waals surface area contributed by atoms with Crippen LogP contribution in [0.2, 0.25) is 5.15 Å². The monoisotopic (exact) mass is 383 g/mol. The highest BCUT2D eigenvalue weighted by molar-refractivity contribution is 7.98. The third-order valence-electron chi connectivity index (χ3n) is 4.75. The predicted molar refractivity (Wildman–Crippen MR) is 103 cm³/mol. The number of hydrogen-bond donors (Lipinski definition) is 1. The molecular weight excluding hydrogens is 358 g/mol. The van der Waals surface area contributed by atoms with Crippen LogP contribution >= 0.6 is 23.4 Å². The van der Waals surface area contributed by atoms with Crippen molar-refractivity contribution in [2.45, 2.75) is 26.2 Å². The minimum atomic E-state index is -0.00868. The molecule has 0 radical (unpaired) electrons. The largest absolute Gasteiger partial charge is 0.355 e. The summed E-state index contributed by atoms with van der Waals surface area (Å²) >= 11 is 7.61. The van der Waals surface area contributed by atoms with Crippen LogP contribution in [0.25, 0.3) is 0 Å². The van der Waals surface area contributed by atoms with Crippen molar-refractivity contribution in [3.05, 3.63) is 29.0 Å². The van der Waals surface area contributed by atoms with Gasteiger partial charge >= 0.3 is 0 Å². The summed E-state index contributed by atoms with van der Waals surface area (Å²) in [6.45, 7) is 4.22. The summed E-state index contributed by atoms with van der Waals surface area (Å²) in [7, 11) is 0. The number of nitrogens with one attached hydrogen (secondary N) is 1. The number of piperidine rings is 1. The third-order valence-corrected chi connectivity index (χ3v) is 5.57. The van der Waals surface area contributed by atoms with Crippen molar-refractivity contribution >= 4 is 35.2 Å². The van der Waals surface area contributed by atoms with E-state index in [-0.39, 0.29) is 11.8 Å². The molecule has 2 amide bonds. The zero-order valence-electron chi connectivity index (χ0n) is 14.8. The molecule has 0 aliphatic carbocycles. The van der Waals surface area contributed by atoms with Gasteiger partial charge in [-0.05, 0) is 36.6 Å². The Morgan fingerprint density at radius 1 is 1.44 bits per heavy atom. The van der Waals surface area contributed by atoms with Gasteiger partial charge in [-0.2, -0.15) is 11.8 Å². The minimum absolute atomic E-state index is 0.00868. The molecule has 5 nitrogen and oxygen atoms in total. The van der Waals surface area contributed by atoms with Crippen LogP contribution in [0.15, 0.2) is 18.3 Å². The molecule has 1 saturated heterocycles. The highest BCUT2D eigenvalue weighted by atomic mass is 35.5. The number of rotatable bonds is 7. The van der Waals surface area contributed by atoms with E-state index in [0.29, 0.717) is 42.1 Å². The Bertz CT molecular complexity index is 599. The van der Waals surface area contributed by atoms with E-state index >= 15 is 0 Å². The van der Waals surface area contributed by atoms with Crippen molar-refractivity contribution in [2.24, 2.45) is 11.8 Å². The average Bonchev–Trinajstić information content (AvgIpc) is 2.61. The van der Waals surface area contributed by atoms with E-state index in [0.717, 1.165) is 25.1 Å². The van der Waals surface area contributed by atoms with E-state index in [2.05, 4.69) is 17.2 Å². The van der Waals surface area contributed by atoms with Crippen molar-refractivity contribution < 1.29 is 9.59 Å². The second-order valence-corrected chi connectivity index (χ2v) is 7.76. The molecule has 2 rings (SSSR count). The van der Waals surface area contributed by atoms with Crippen molar-refractivity contribution in [1.29, 1.82) is 0 Å². The van der Waals surface area contributed by atoms with Gasteiger partial charge in [-0.1, -0.05) is 24.9 Å². The molecule has 0 spiro atoms. The predicted octanol–water partition coefficient (Wildman–Crippen LogP) is 3.09. The van der Waals surface area contributed by atoms with Crippen LogP contribution in [0.4, 0.5) is 0 Å². The van der Waals surface area contributed by atoms with Crippen LogP contribution in [-0.4, -0.2) is 53.3 Å². The first-order valence-corrected chi connectivity index (χ1v) is 10.5. The number of pyridine rings is 1. The highest BCUT2D eigenvalue weighted by Crippen LogP contribution is 2.29. The van der Waals surface area contributed by atoms with Gasteiger partial charge in [0, 0.05) is 43.6 Å². The van der Waals surface area contributed by atoms with Crippen LogP contribution in [0.1, 0.15) is 36.5 Å². The smallest absolute Gasteiger partial charge is 0.254 e. The molecule has 138 valence electrons. The molecule has 0 bridgehead atoms. The Morgan fingerprint density at radius 2 is 2.24 bits per heavy atom. The fraction of sp³-hybridized carbons (Fsp3) is 0.611. The molecule has 1 aliphatic heterocycles. The Kier molecular flexibility index (Phi) is 8.03. The van der Waals surface area contributed by atoms with Gasteiger partial charge in [-0.25, -0.2) is 4.98 Å². The number of carbonyl (C=O) groups is 2. The normalized spacial score (nSPS) is 20.4. The molecule has 1 fully saturated rings. The van der Waals surface area contributed by atoms with Crippen LogP contribution in [0.5, 0.6) is 0 Å². The average molecular weight is 384 g/mol. The van der Waals surface area contributed by atoms with Gasteiger partial charge < -0.3 is 10.2 Å². The number of thioether (sulfide) groups is 1. The van der Waals surface area contributed by atoms with Gasteiger partial charge in [0.2, 0.25) is 5.91 Å². The number of carbonyl (C=O) groups excluding carboxylic acids is 2. The lowest BCUT2D eigenvalue weighted by atomic mass is 9.81. The molecule has 1 aromatic rings. The van der Waals surface area contributed by atoms with E-state index in [4.69, 9.17) is 11.6 Å². The Hall–Kier alpha value is -1.27. The molecular formula is C18H26ClN3O2S. The number of halogens is 1. The highest BCUT2D eigenvalue weighted by Gasteiger charge is 2.32. The maximum Gasteiger partial charge on any atom is 0.254 e. The molecule has 25 heavy (non-hydrogen) atoms. The van der Waals surface area contributed by atoms with E-state index < -0.39 is 0 Å². The standard InChI is InChI=1S/C18H26ClN3O2S/c1-3-13-12-22(18(24)15-4-6-20-16(19)10-15)8-5-14(13)11-17(23)21-7-9-25-2/h4,6,10,13-14H,3,5,7-9,11-12H2,1-2H3,(H,21,23). The Morgan fingerprint density at radius 3 is 2.92 bits per heavy atom. The Labute approximate surface area is 158 Å². The summed E-state index contributed by atoms with van der Waals surface area (Å²) in [5, 5.41) is 3.31. The molecule has 2 heterocycles. The van der Waals surface area contributed by atoms with Crippen LogP contribution in [0, 0.1) is 11.8 Å². The van der Waals surface area contributed by atoms with Gasteiger partial charge in [0.1, 0.15) is 5.15 Å². The summed E-state index contributed by atoms with van der Waals surface area (Å²) in [6.07, 6.45) is 5.96. The number of amides is 2. The number of nitrogens with zero attached hydrogens (tertiary/aromatic N) is 2. The van der Waals surface area contributed by atoms with E-state index in [1.165, 1.54) is 0 Å². The second-order valence-electron chi connectivity index (χ2n) is 6.38. The molecule has 1 aromatic heterocycles. The van der Waals surface area contributed by atoms with E-state index in [1.807, 2.05) is 11.2 Å². The second kappa shape index (κ2) is 10.0. The molecule has 2 atom stereocenters. The summed E-state index contributed by atoms with van der Waals surface area (Å²) in [5.41, 5.74) is 0.572. The van der Waals surface area contributed by atoms with Gasteiger partial charge in [0.25, 0.3) is 5.91 Å². The van der Waals surface area contributed by atoms with Crippen molar-refractivity contribution in [3.8, 4) is 0 Å². The topological polar surface area (TPSA) is 62.3 Å². The maximum atomic E-state index is 12.7. The number of hydrogen-bond acceptors (Lipinski definition) is 4. The van der Waals surface area contributed by atoms with Crippen LogP contribution in [0.3, 0.4) is 0 Å². The quantitative estimate of drug-likeness (QED) is 0.580. The first-order valence-electron chi connectivity index (χ1n) is 8.71. The van der Waals surface area contributed by atoms with Gasteiger partial charge in [-0.15, -0.1) is 0 Å². The summed E-state index contributed by atoms with van der Waals surface area (Å²) < 4.78 is 0. The fourth-order valence-corrected chi connectivity index (χ4v) is 3.80. The maximum absolute atomic E-state index is 12.7. The van der Waals surface area contributed by atoms with Gasteiger partial charge in [0.15, 0.2) is 0 Å². The summed E-state index contributed by atoms with van der Waals surface area (Å²) in [5.74, 6) is 1.74. The van der Waals surface area contributed by atoms with Crippen molar-refractivity contribution in [3.63, 3.8) is 0 Å². The van der Waals surface area contributed by atoms with Gasteiger partial charge in [-0.3, -0.25) is 9.59 Å². The minimum Gasteiger partial charge on any atom is -0.355 e. The molecule has 0 saturated carbocycles. The first-order chi connectivity index (χ1) is 12.0.